The molecular weight excluding hydrogens is 360 g/mol. The fourth-order valence-electron chi connectivity index (χ4n) is 3.06. The van der Waals surface area contributed by atoms with Gasteiger partial charge < -0.3 is 16.4 Å². The van der Waals surface area contributed by atoms with Gasteiger partial charge in [-0.3, -0.25) is 0 Å². The molecular formula is C23H22N6. The van der Waals surface area contributed by atoms with Crippen LogP contribution >= 0.6 is 0 Å². The molecule has 0 bridgehead atoms. The van der Waals surface area contributed by atoms with Gasteiger partial charge in [0.05, 0.1) is 6.04 Å². The van der Waals surface area contributed by atoms with Crippen molar-refractivity contribution in [3.63, 3.8) is 0 Å². The molecule has 0 amide bonds. The molecule has 4 aromatic rings. The fourth-order valence-corrected chi connectivity index (χ4v) is 3.06. The van der Waals surface area contributed by atoms with Crippen LogP contribution in [-0.4, -0.2) is 15.0 Å². The zero-order valence-corrected chi connectivity index (χ0v) is 16.1. The number of benzene rings is 2. The molecule has 0 aliphatic rings. The van der Waals surface area contributed by atoms with Crippen molar-refractivity contribution in [2.24, 2.45) is 0 Å². The van der Waals surface area contributed by atoms with Gasteiger partial charge in [0, 0.05) is 6.20 Å². The lowest BCUT2D eigenvalue weighted by molar-refractivity contribution is 0.924. The molecule has 2 aromatic carbocycles. The molecule has 29 heavy (non-hydrogen) atoms. The van der Waals surface area contributed by atoms with E-state index >= 15 is 0 Å². The second kappa shape index (κ2) is 8.39. The van der Waals surface area contributed by atoms with Crippen molar-refractivity contribution in [1.29, 1.82) is 0 Å². The smallest absolute Gasteiger partial charge is 0.160 e. The number of hydrogen-bond acceptors (Lipinski definition) is 6. The topological polar surface area (TPSA) is 88.8 Å². The maximum Gasteiger partial charge on any atom is 0.160 e. The van der Waals surface area contributed by atoms with E-state index < -0.39 is 0 Å². The normalized spacial score (nSPS) is 10.7. The van der Waals surface area contributed by atoms with Gasteiger partial charge in [0.2, 0.25) is 0 Å². The summed E-state index contributed by atoms with van der Waals surface area (Å²) in [7, 11) is 0. The summed E-state index contributed by atoms with van der Waals surface area (Å²) in [6, 6.07) is 24.2. The molecule has 2 aromatic heterocycles. The number of anilines is 4. The van der Waals surface area contributed by atoms with Crippen molar-refractivity contribution in [2.45, 2.75) is 13.0 Å². The van der Waals surface area contributed by atoms with Gasteiger partial charge in [0.1, 0.15) is 17.8 Å². The highest BCUT2D eigenvalue weighted by atomic mass is 15.1. The number of nitrogen functional groups attached to an aromatic ring is 1. The molecule has 4 rings (SSSR count). The summed E-state index contributed by atoms with van der Waals surface area (Å²) in [5.74, 6) is 1.75. The van der Waals surface area contributed by atoms with Gasteiger partial charge >= 0.3 is 0 Å². The van der Waals surface area contributed by atoms with E-state index in [1.165, 1.54) is 6.33 Å². The number of aromatic nitrogens is 3. The second-order valence-corrected chi connectivity index (χ2v) is 6.73. The minimum atomic E-state index is -0.0973. The Labute approximate surface area is 169 Å². The predicted molar refractivity (Wildman–Crippen MR) is 117 cm³/mol. The Hall–Kier alpha value is -3.93. The van der Waals surface area contributed by atoms with E-state index in [0.29, 0.717) is 23.1 Å². The number of rotatable bonds is 6. The van der Waals surface area contributed by atoms with Crippen LogP contribution in [0.5, 0.6) is 0 Å². The highest BCUT2D eigenvalue weighted by Gasteiger charge is 2.17. The number of nitrogens with zero attached hydrogens (tertiary/aromatic N) is 3. The summed E-state index contributed by atoms with van der Waals surface area (Å²) in [6.07, 6.45) is 3.28. The monoisotopic (exact) mass is 382 g/mol. The van der Waals surface area contributed by atoms with Gasteiger partial charge in [-0.25, -0.2) is 15.0 Å². The summed E-state index contributed by atoms with van der Waals surface area (Å²) < 4.78 is 0. The van der Waals surface area contributed by atoms with E-state index in [-0.39, 0.29) is 6.04 Å². The highest BCUT2D eigenvalue weighted by Crippen LogP contribution is 2.31. The SMILES string of the molecule is Cc1ccc(Nc2ncnc(NC(c3ccccc3)c3ccccc3)c2N)nc1. The molecule has 0 aliphatic heterocycles. The van der Waals surface area contributed by atoms with Crippen molar-refractivity contribution < 1.29 is 0 Å². The number of pyridine rings is 1. The molecule has 4 N–H and O–H groups in total. The molecule has 0 saturated carbocycles. The van der Waals surface area contributed by atoms with Gasteiger partial charge in [0.25, 0.3) is 0 Å². The molecule has 0 saturated heterocycles. The molecule has 0 atom stereocenters. The van der Waals surface area contributed by atoms with E-state index in [0.717, 1.165) is 16.7 Å². The largest absolute Gasteiger partial charge is 0.393 e. The molecule has 0 spiro atoms. The maximum absolute atomic E-state index is 6.39. The molecule has 144 valence electrons. The quantitative estimate of drug-likeness (QED) is 0.448. The number of nitrogens with two attached hydrogens (primary N) is 1. The van der Waals surface area contributed by atoms with Crippen molar-refractivity contribution in [1.82, 2.24) is 15.0 Å². The van der Waals surface area contributed by atoms with E-state index in [9.17, 15) is 0 Å². The summed E-state index contributed by atoms with van der Waals surface area (Å²) in [6.45, 7) is 1.99. The zero-order valence-electron chi connectivity index (χ0n) is 16.1. The van der Waals surface area contributed by atoms with Crippen LogP contribution in [0.25, 0.3) is 0 Å². The Morgan fingerprint density at radius 3 is 1.97 bits per heavy atom. The van der Waals surface area contributed by atoms with E-state index in [2.05, 4.69) is 49.9 Å². The first kappa shape index (κ1) is 18.4. The third kappa shape index (κ3) is 4.32. The molecule has 0 fully saturated rings. The molecule has 6 heteroatoms. The van der Waals surface area contributed by atoms with Crippen molar-refractivity contribution in [3.05, 3.63) is 102 Å². The van der Waals surface area contributed by atoms with Crippen LogP contribution < -0.4 is 16.4 Å². The van der Waals surface area contributed by atoms with E-state index in [1.54, 1.807) is 6.20 Å². The second-order valence-electron chi connectivity index (χ2n) is 6.73. The highest BCUT2D eigenvalue weighted by molar-refractivity contribution is 5.77. The number of hydrogen-bond donors (Lipinski definition) is 3. The average Bonchev–Trinajstić information content (AvgIpc) is 2.77. The van der Waals surface area contributed by atoms with Crippen LogP contribution in [0.2, 0.25) is 0 Å². The number of nitrogens with one attached hydrogen (secondary N) is 2. The first-order chi connectivity index (χ1) is 14.2. The lowest BCUT2D eigenvalue weighted by Gasteiger charge is -2.22. The fraction of sp³-hybridized carbons (Fsp3) is 0.0870. The third-order valence-corrected chi connectivity index (χ3v) is 4.59. The molecule has 0 radical (unpaired) electrons. The van der Waals surface area contributed by atoms with Gasteiger partial charge in [-0.1, -0.05) is 66.7 Å². The Balaban J connectivity index is 1.65. The standard InChI is InChI=1S/C23H22N6/c1-16-12-13-19(25-14-16)28-22-20(24)23(27-15-26-22)29-21(17-8-4-2-5-9-17)18-10-6-3-7-11-18/h2-15,21H,24H2,1H3,(H2,25,26,27,28,29). The first-order valence-corrected chi connectivity index (χ1v) is 9.37. The van der Waals surface area contributed by atoms with Gasteiger partial charge in [0.15, 0.2) is 11.6 Å². The summed E-state index contributed by atoms with van der Waals surface area (Å²) in [5, 5.41) is 6.64. The minimum Gasteiger partial charge on any atom is -0.393 e. The minimum absolute atomic E-state index is 0.0973. The van der Waals surface area contributed by atoms with Gasteiger partial charge in [-0.15, -0.1) is 0 Å². The van der Waals surface area contributed by atoms with Crippen LogP contribution in [0.15, 0.2) is 85.3 Å². The molecule has 0 unspecified atom stereocenters. The van der Waals surface area contributed by atoms with Crippen molar-refractivity contribution in [3.8, 4) is 0 Å². The summed E-state index contributed by atoms with van der Waals surface area (Å²) >= 11 is 0. The average molecular weight is 382 g/mol. The summed E-state index contributed by atoms with van der Waals surface area (Å²) in [5.41, 5.74) is 10.1. The first-order valence-electron chi connectivity index (χ1n) is 9.37. The lowest BCUT2D eigenvalue weighted by atomic mass is 9.99. The zero-order chi connectivity index (χ0) is 20.1. The predicted octanol–water partition coefficient (Wildman–Crippen LogP) is 4.71. The maximum atomic E-state index is 6.39. The Bertz CT molecular complexity index is 1030. The molecule has 0 aliphatic carbocycles. The van der Waals surface area contributed by atoms with Crippen LogP contribution in [-0.2, 0) is 0 Å². The van der Waals surface area contributed by atoms with Crippen LogP contribution in [0.4, 0.5) is 23.1 Å². The number of aryl methyl sites for hydroxylation is 1. The van der Waals surface area contributed by atoms with Gasteiger partial charge in [-0.2, -0.15) is 0 Å². The third-order valence-electron chi connectivity index (χ3n) is 4.59. The van der Waals surface area contributed by atoms with Crippen LogP contribution in [0, 0.1) is 6.92 Å². The van der Waals surface area contributed by atoms with E-state index in [1.807, 2.05) is 55.5 Å². The van der Waals surface area contributed by atoms with Crippen LogP contribution in [0.1, 0.15) is 22.7 Å². The summed E-state index contributed by atoms with van der Waals surface area (Å²) in [4.78, 5) is 13.0. The van der Waals surface area contributed by atoms with Crippen molar-refractivity contribution in [2.75, 3.05) is 16.4 Å². The van der Waals surface area contributed by atoms with Crippen LogP contribution in [0.3, 0.4) is 0 Å². The van der Waals surface area contributed by atoms with Gasteiger partial charge in [-0.05, 0) is 29.7 Å². The van der Waals surface area contributed by atoms with Crippen molar-refractivity contribution >= 4 is 23.1 Å². The van der Waals surface area contributed by atoms with E-state index in [4.69, 9.17) is 5.73 Å². The Morgan fingerprint density at radius 1 is 0.759 bits per heavy atom. The molecule has 6 nitrogen and oxygen atoms in total. The lowest BCUT2D eigenvalue weighted by Crippen LogP contribution is -2.15. The Morgan fingerprint density at radius 2 is 1.38 bits per heavy atom. The molecule has 2 heterocycles. The Kier molecular flexibility index (Phi) is 5.33.